The Morgan fingerprint density at radius 3 is 2.69 bits per heavy atom. The van der Waals surface area contributed by atoms with Gasteiger partial charge < -0.3 is 10.8 Å². The lowest BCUT2D eigenvalue weighted by Gasteiger charge is -2.10. The van der Waals surface area contributed by atoms with E-state index < -0.39 is 13.0 Å². The third-order valence-corrected chi connectivity index (χ3v) is 1.81. The fourth-order valence-corrected chi connectivity index (χ4v) is 1.10. The largest absolute Gasteiger partial charge is 0.397 e. The zero-order valence-electron chi connectivity index (χ0n) is 7.09. The van der Waals surface area contributed by atoms with Gasteiger partial charge in [-0.3, -0.25) is 4.98 Å². The summed E-state index contributed by atoms with van der Waals surface area (Å²) in [6.07, 6.45) is -1.35. The average molecular weight is 188 g/mol. The Bertz CT molecular complexity index is 315. The van der Waals surface area contributed by atoms with Crippen LogP contribution in [0.4, 0.5) is 14.5 Å². The predicted octanol–water partition coefficient (Wildman–Crippen LogP) is 1.40. The molecule has 0 amide bonds. The number of nitrogens with zero attached hydrogens (tertiary/aromatic N) is 1. The van der Waals surface area contributed by atoms with Gasteiger partial charge in [-0.15, -0.1) is 0 Å². The van der Waals surface area contributed by atoms with Gasteiger partial charge in [-0.2, -0.15) is 0 Å². The van der Waals surface area contributed by atoms with Crippen molar-refractivity contribution in [2.45, 2.75) is 20.0 Å². The summed E-state index contributed by atoms with van der Waals surface area (Å²) < 4.78 is 24.8. The molecule has 5 heteroatoms. The second kappa shape index (κ2) is 3.66. The van der Waals surface area contributed by atoms with Gasteiger partial charge in [0, 0.05) is 11.8 Å². The molecule has 1 rings (SSSR count). The Hall–Kier alpha value is -1.23. The minimum Gasteiger partial charge on any atom is -0.397 e. The lowest BCUT2D eigenvalue weighted by atomic mass is 10.1. The summed E-state index contributed by atoms with van der Waals surface area (Å²) in [5.41, 5.74) is 5.48. The molecular formula is C8H10F2N2O. The number of hydrogen-bond acceptors (Lipinski definition) is 3. The van der Waals surface area contributed by atoms with E-state index in [-0.39, 0.29) is 16.9 Å². The van der Waals surface area contributed by atoms with Crippen LogP contribution in [0.3, 0.4) is 0 Å². The maximum Gasteiger partial charge on any atom is 0.266 e. The van der Waals surface area contributed by atoms with E-state index in [1.165, 1.54) is 13.1 Å². The van der Waals surface area contributed by atoms with E-state index in [0.717, 1.165) is 0 Å². The number of alkyl halides is 2. The molecule has 0 bridgehead atoms. The predicted molar refractivity (Wildman–Crippen MR) is 44.3 cm³/mol. The number of pyridine rings is 1. The molecule has 3 nitrogen and oxygen atoms in total. The Morgan fingerprint density at radius 1 is 1.62 bits per heavy atom. The van der Waals surface area contributed by atoms with Crippen LogP contribution in [0.2, 0.25) is 0 Å². The highest BCUT2D eigenvalue weighted by Gasteiger charge is 2.17. The van der Waals surface area contributed by atoms with Gasteiger partial charge in [0.15, 0.2) is 0 Å². The van der Waals surface area contributed by atoms with Crippen LogP contribution in [-0.2, 0) is 6.61 Å². The molecule has 0 unspecified atom stereocenters. The van der Waals surface area contributed by atoms with Gasteiger partial charge in [-0.1, -0.05) is 0 Å². The number of rotatable bonds is 2. The van der Waals surface area contributed by atoms with Gasteiger partial charge in [0.05, 0.1) is 18.0 Å². The maximum absolute atomic E-state index is 12.4. The molecule has 3 N–H and O–H groups in total. The monoisotopic (exact) mass is 188 g/mol. The van der Waals surface area contributed by atoms with E-state index in [4.69, 9.17) is 10.8 Å². The Kier molecular flexibility index (Phi) is 2.77. The van der Waals surface area contributed by atoms with E-state index >= 15 is 0 Å². The molecular weight excluding hydrogens is 178 g/mol. The molecule has 0 saturated heterocycles. The van der Waals surface area contributed by atoms with Crippen LogP contribution in [-0.4, -0.2) is 10.1 Å². The highest BCUT2D eigenvalue weighted by Crippen LogP contribution is 2.29. The van der Waals surface area contributed by atoms with Gasteiger partial charge in [0.25, 0.3) is 6.43 Å². The number of aryl methyl sites for hydroxylation is 1. The molecule has 13 heavy (non-hydrogen) atoms. The van der Waals surface area contributed by atoms with Crippen molar-refractivity contribution in [1.82, 2.24) is 4.98 Å². The minimum atomic E-state index is -2.63. The number of nitrogens with two attached hydrogens (primary N) is 1. The first-order valence-electron chi connectivity index (χ1n) is 3.70. The maximum atomic E-state index is 12.4. The van der Waals surface area contributed by atoms with Crippen molar-refractivity contribution >= 4 is 5.69 Å². The number of anilines is 1. The summed E-state index contributed by atoms with van der Waals surface area (Å²) in [5.74, 6) is 0. The molecule has 0 aliphatic rings. The topological polar surface area (TPSA) is 59.1 Å². The van der Waals surface area contributed by atoms with Crippen LogP contribution < -0.4 is 5.73 Å². The van der Waals surface area contributed by atoms with E-state index in [9.17, 15) is 8.78 Å². The first kappa shape index (κ1) is 9.85. The number of halogens is 2. The first-order valence-corrected chi connectivity index (χ1v) is 3.70. The normalized spacial score (nSPS) is 10.8. The van der Waals surface area contributed by atoms with Crippen molar-refractivity contribution in [3.05, 3.63) is 23.0 Å². The Labute approximate surface area is 74.2 Å². The summed E-state index contributed by atoms with van der Waals surface area (Å²) in [7, 11) is 0. The molecule has 1 aromatic heterocycles. The zero-order valence-corrected chi connectivity index (χ0v) is 7.09. The molecule has 0 radical (unpaired) electrons. The molecule has 72 valence electrons. The number of nitrogen functional groups attached to an aromatic ring is 1. The third-order valence-electron chi connectivity index (χ3n) is 1.81. The lowest BCUT2D eigenvalue weighted by Crippen LogP contribution is -2.05. The van der Waals surface area contributed by atoms with Crippen molar-refractivity contribution < 1.29 is 13.9 Å². The zero-order chi connectivity index (χ0) is 10.0. The summed E-state index contributed by atoms with van der Waals surface area (Å²) in [4.78, 5) is 3.73. The number of hydrogen-bond donors (Lipinski definition) is 2. The molecule has 0 aliphatic heterocycles. The van der Waals surface area contributed by atoms with E-state index in [2.05, 4.69) is 4.98 Å². The second-order valence-electron chi connectivity index (χ2n) is 2.67. The summed E-state index contributed by atoms with van der Waals surface area (Å²) >= 11 is 0. The number of aliphatic hydroxyl groups excluding tert-OH is 1. The number of aliphatic hydroxyl groups is 1. The molecule has 0 atom stereocenters. The number of aromatic nitrogens is 1. The molecule has 0 saturated carbocycles. The summed E-state index contributed by atoms with van der Waals surface area (Å²) in [5, 5.41) is 8.73. The molecule has 1 aromatic rings. The van der Waals surface area contributed by atoms with Gasteiger partial charge in [0.2, 0.25) is 0 Å². The van der Waals surface area contributed by atoms with Gasteiger partial charge >= 0.3 is 0 Å². The molecule has 1 heterocycles. The van der Waals surface area contributed by atoms with Crippen molar-refractivity contribution in [2.24, 2.45) is 0 Å². The highest BCUT2D eigenvalue weighted by molar-refractivity contribution is 5.54. The van der Waals surface area contributed by atoms with Crippen LogP contribution in [0, 0.1) is 6.92 Å². The fraction of sp³-hybridized carbons (Fsp3) is 0.375. The summed E-state index contributed by atoms with van der Waals surface area (Å²) in [6.45, 7) is 1.08. The van der Waals surface area contributed by atoms with Crippen molar-refractivity contribution in [3.8, 4) is 0 Å². The van der Waals surface area contributed by atoms with Crippen LogP contribution in [0.1, 0.15) is 23.2 Å². The minimum absolute atomic E-state index is 0.0981. The second-order valence-corrected chi connectivity index (χ2v) is 2.67. The Balaban J connectivity index is 3.30. The van der Waals surface area contributed by atoms with Gasteiger partial charge in [-0.05, 0) is 12.5 Å². The fourth-order valence-electron chi connectivity index (χ4n) is 1.10. The van der Waals surface area contributed by atoms with Crippen LogP contribution in [0.5, 0.6) is 0 Å². The smallest absolute Gasteiger partial charge is 0.266 e. The van der Waals surface area contributed by atoms with E-state index in [1.807, 2.05) is 0 Å². The quantitative estimate of drug-likeness (QED) is 0.737. The van der Waals surface area contributed by atoms with E-state index in [0.29, 0.717) is 5.56 Å². The first-order chi connectivity index (χ1) is 6.07. The SMILES string of the molecule is Cc1cnc(CO)c(N)c1C(F)F. The molecule has 0 aliphatic carbocycles. The van der Waals surface area contributed by atoms with Crippen LogP contribution in [0.15, 0.2) is 6.20 Å². The lowest BCUT2D eigenvalue weighted by molar-refractivity contribution is 0.151. The molecule has 0 fully saturated rings. The molecule has 0 spiro atoms. The molecule has 0 aromatic carbocycles. The standard InChI is InChI=1S/C8H10F2N2O/c1-4-2-12-5(3-13)7(11)6(4)8(9)10/h2,8,13H,3,11H2,1H3. The summed E-state index contributed by atoms with van der Waals surface area (Å²) in [6, 6.07) is 0. The third kappa shape index (κ3) is 1.75. The average Bonchev–Trinajstić information content (AvgIpc) is 2.04. The van der Waals surface area contributed by atoms with Crippen LogP contribution >= 0.6 is 0 Å². The van der Waals surface area contributed by atoms with Crippen molar-refractivity contribution in [1.29, 1.82) is 0 Å². The van der Waals surface area contributed by atoms with Crippen molar-refractivity contribution in [2.75, 3.05) is 5.73 Å². The highest BCUT2D eigenvalue weighted by atomic mass is 19.3. The van der Waals surface area contributed by atoms with Crippen molar-refractivity contribution in [3.63, 3.8) is 0 Å². The van der Waals surface area contributed by atoms with Gasteiger partial charge in [0.1, 0.15) is 0 Å². The van der Waals surface area contributed by atoms with E-state index in [1.54, 1.807) is 0 Å². The van der Waals surface area contributed by atoms with Gasteiger partial charge in [-0.25, -0.2) is 8.78 Å². The Morgan fingerprint density at radius 2 is 2.23 bits per heavy atom. The van der Waals surface area contributed by atoms with Crippen LogP contribution in [0.25, 0.3) is 0 Å².